The average Bonchev–Trinajstić information content (AvgIpc) is 3.30. The van der Waals surface area contributed by atoms with Crippen molar-refractivity contribution in [3.05, 3.63) is 48.5 Å². The quantitative estimate of drug-likeness (QED) is 0.721. The molecule has 0 radical (unpaired) electrons. The number of carbonyl (C=O) groups excluding carboxylic acids is 3. The molecule has 4 rings (SSSR count). The molecule has 32 heavy (non-hydrogen) atoms. The van der Waals surface area contributed by atoms with Crippen molar-refractivity contribution in [3.8, 4) is 11.5 Å². The summed E-state index contributed by atoms with van der Waals surface area (Å²) < 4.78 is 10.8. The van der Waals surface area contributed by atoms with Crippen molar-refractivity contribution in [1.82, 2.24) is 4.90 Å². The Bertz CT molecular complexity index is 1010. The maximum atomic E-state index is 13.0. The summed E-state index contributed by atoms with van der Waals surface area (Å²) in [4.78, 5) is 41.6. The number of nitrogens with zero attached hydrogens (tertiary/aromatic N) is 2. The van der Waals surface area contributed by atoms with E-state index in [1.54, 1.807) is 54.2 Å². The van der Waals surface area contributed by atoms with Crippen LogP contribution in [0.15, 0.2) is 48.5 Å². The van der Waals surface area contributed by atoms with Gasteiger partial charge in [-0.1, -0.05) is 12.1 Å². The van der Waals surface area contributed by atoms with Crippen molar-refractivity contribution in [1.29, 1.82) is 0 Å². The number of hydrogen-bond donors (Lipinski definition) is 1. The molecule has 0 saturated carbocycles. The Kier molecular flexibility index (Phi) is 6.55. The smallest absolute Gasteiger partial charge is 0.267 e. The van der Waals surface area contributed by atoms with E-state index in [0.29, 0.717) is 34.5 Å². The van der Waals surface area contributed by atoms with Gasteiger partial charge in [-0.05, 0) is 43.3 Å². The van der Waals surface area contributed by atoms with Crippen molar-refractivity contribution >= 4 is 40.9 Å². The molecule has 2 heterocycles. The molecule has 168 valence electrons. The van der Waals surface area contributed by atoms with E-state index in [2.05, 4.69) is 5.32 Å². The van der Waals surface area contributed by atoms with E-state index in [0.717, 1.165) is 0 Å². The molecule has 8 nitrogen and oxygen atoms in total. The molecule has 2 aliphatic rings. The van der Waals surface area contributed by atoms with Gasteiger partial charge in [0.1, 0.15) is 17.5 Å². The molecule has 0 bridgehead atoms. The molecule has 0 spiro atoms. The summed E-state index contributed by atoms with van der Waals surface area (Å²) in [5.74, 6) is 1.74. The first kappa shape index (κ1) is 22.0. The third-order valence-corrected chi connectivity index (χ3v) is 6.50. The van der Waals surface area contributed by atoms with Gasteiger partial charge in [0.15, 0.2) is 6.10 Å². The molecule has 0 aromatic heterocycles. The third-order valence-electron chi connectivity index (χ3n) is 5.49. The number of thioether (sulfide) groups is 1. The molecule has 2 aromatic carbocycles. The largest absolute Gasteiger partial charge is 0.497 e. The van der Waals surface area contributed by atoms with Crippen molar-refractivity contribution < 1.29 is 23.9 Å². The Morgan fingerprint density at radius 3 is 2.69 bits per heavy atom. The van der Waals surface area contributed by atoms with E-state index in [4.69, 9.17) is 9.47 Å². The number of para-hydroxylation sites is 2. The Morgan fingerprint density at radius 1 is 1.19 bits per heavy atom. The van der Waals surface area contributed by atoms with Gasteiger partial charge in [0.05, 0.1) is 18.7 Å². The lowest BCUT2D eigenvalue weighted by atomic mass is 10.1. The monoisotopic (exact) mass is 455 g/mol. The second-order valence-corrected chi connectivity index (χ2v) is 8.56. The summed E-state index contributed by atoms with van der Waals surface area (Å²) in [6.07, 6.45) is -0.481. The Hall–Kier alpha value is -3.20. The summed E-state index contributed by atoms with van der Waals surface area (Å²) >= 11 is 1.54. The molecule has 0 aliphatic carbocycles. The summed E-state index contributed by atoms with van der Waals surface area (Å²) in [7, 11) is 1.58. The molecule has 1 fully saturated rings. The van der Waals surface area contributed by atoms with Gasteiger partial charge in [-0.15, -0.1) is 11.8 Å². The second-order valence-electron chi connectivity index (χ2n) is 7.56. The minimum Gasteiger partial charge on any atom is -0.497 e. The van der Waals surface area contributed by atoms with Crippen LogP contribution in [0.2, 0.25) is 0 Å². The van der Waals surface area contributed by atoms with Gasteiger partial charge in [-0.25, -0.2) is 0 Å². The number of rotatable bonds is 6. The number of methoxy groups -OCH3 is 1. The van der Waals surface area contributed by atoms with Crippen LogP contribution in [-0.4, -0.2) is 60.1 Å². The van der Waals surface area contributed by atoms with Gasteiger partial charge in [-0.3, -0.25) is 14.4 Å². The van der Waals surface area contributed by atoms with Gasteiger partial charge in [0.25, 0.3) is 5.91 Å². The highest BCUT2D eigenvalue weighted by molar-refractivity contribution is 7.99. The fourth-order valence-electron chi connectivity index (χ4n) is 3.75. The number of benzene rings is 2. The van der Waals surface area contributed by atoms with E-state index in [1.807, 2.05) is 18.2 Å². The van der Waals surface area contributed by atoms with Gasteiger partial charge in [0, 0.05) is 24.4 Å². The van der Waals surface area contributed by atoms with Crippen molar-refractivity contribution in [2.45, 2.75) is 25.5 Å². The fourth-order valence-corrected chi connectivity index (χ4v) is 4.93. The molecule has 3 amide bonds. The summed E-state index contributed by atoms with van der Waals surface area (Å²) in [5, 5.41) is 2.87. The number of amides is 3. The number of anilines is 2. The van der Waals surface area contributed by atoms with Gasteiger partial charge in [-0.2, -0.15) is 0 Å². The van der Waals surface area contributed by atoms with Gasteiger partial charge in [0.2, 0.25) is 11.8 Å². The zero-order chi connectivity index (χ0) is 22.7. The maximum Gasteiger partial charge on any atom is 0.267 e. The van der Waals surface area contributed by atoms with Crippen LogP contribution < -0.4 is 19.7 Å². The van der Waals surface area contributed by atoms with Crippen LogP contribution in [0.1, 0.15) is 13.3 Å². The summed E-state index contributed by atoms with van der Waals surface area (Å²) in [5.41, 5.74) is 1.30. The molecular formula is C23H25N3O5S. The SMILES string of the molecule is COc1ccc(NC(=O)C2CSCN2C(=O)CCN2C(=O)C(C)Oc3ccccc32)cc1. The maximum absolute atomic E-state index is 13.0. The van der Waals surface area contributed by atoms with E-state index in [-0.39, 0.29) is 30.7 Å². The van der Waals surface area contributed by atoms with Crippen molar-refractivity contribution in [3.63, 3.8) is 0 Å². The van der Waals surface area contributed by atoms with E-state index in [9.17, 15) is 14.4 Å². The summed E-state index contributed by atoms with van der Waals surface area (Å²) in [6, 6.07) is 13.8. The van der Waals surface area contributed by atoms with Crippen LogP contribution in [-0.2, 0) is 14.4 Å². The second kappa shape index (κ2) is 9.52. The van der Waals surface area contributed by atoms with Crippen molar-refractivity contribution in [2.24, 2.45) is 0 Å². The van der Waals surface area contributed by atoms with Crippen molar-refractivity contribution in [2.75, 3.05) is 35.5 Å². The lowest BCUT2D eigenvalue weighted by Gasteiger charge is -2.33. The lowest BCUT2D eigenvalue weighted by molar-refractivity contribution is -0.136. The molecule has 2 aliphatic heterocycles. The zero-order valence-electron chi connectivity index (χ0n) is 17.9. The molecule has 9 heteroatoms. The lowest BCUT2D eigenvalue weighted by Crippen LogP contribution is -2.48. The van der Waals surface area contributed by atoms with Crippen LogP contribution in [0.5, 0.6) is 11.5 Å². The highest BCUT2D eigenvalue weighted by atomic mass is 32.2. The first-order chi connectivity index (χ1) is 15.5. The first-order valence-electron chi connectivity index (χ1n) is 10.4. The molecule has 2 unspecified atom stereocenters. The Labute approximate surface area is 190 Å². The first-order valence-corrected chi connectivity index (χ1v) is 11.5. The van der Waals surface area contributed by atoms with Crippen LogP contribution in [0.3, 0.4) is 0 Å². The topological polar surface area (TPSA) is 88.2 Å². The van der Waals surface area contributed by atoms with Gasteiger partial charge < -0.3 is 24.6 Å². The van der Waals surface area contributed by atoms with Gasteiger partial charge >= 0.3 is 0 Å². The average molecular weight is 456 g/mol. The van der Waals surface area contributed by atoms with E-state index >= 15 is 0 Å². The molecule has 1 saturated heterocycles. The predicted molar refractivity (Wildman–Crippen MR) is 123 cm³/mol. The highest BCUT2D eigenvalue weighted by Crippen LogP contribution is 2.34. The van der Waals surface area contributed by atoms with E-state index in [1.165, 1.54) is 11.8 Å². The highest BCUT2D eigenvalue weighted by Gasteiger charge is 2.36. The standard InChI is InChI=1S/C23H25N3O5S/c1-15-23(29)25(18-5-3-4-6-20(18)31-15)12-11-21(27)26-14-32-13-19(26)22(28)24-16-7-9-17(30-2)10-8-16/h3-10,15,19H,11-14H2,1-2H3,(H,24,28). The molecule has 2 atom stereocenters. The molecule has 2 aromatic rings. The normalized spacial score (nSPS) is 19.9. The zero-order valence-corrected chi connectivity index (χ0v) is 18.8. The van der Waals surface area contributed by atoms with Crippen LogP contribution in [0, 0.1) is 0 Å². The summed E-state index contributed by atoms with van der Waals surface area (Å²) in [6.45, 7) is 1.93. The fraction of sp³-hybridized carbons (Fsp3) is 0.348. The number of carbonyl (C=O) groups is 3. The number of ether oxygens (including phenoxy) is 2. The Balaban J connectivity index is 1.39. The van der Waals surface area contributed by atoms with Crippen LogP contribution in [0.4, 0.5) is 11.4 Å². The molecular weight excluding hydrogens is 430 g/mol. The number of hydrogen-bond acceptors (Lipinski definition) is 6. The minimum atomic E-state index is -0.606. The predicted octanol–water partition coefficient (Wildman–Crippen LogP) is 2.74. The minimum absolute atomic E-state index is 0.125. The Morgan fingerprint density at radius 2 is 1.94 bits per heavy atom. The third kappa shape index (κ3) is 4.52. The number of nitrogens with one attached hydrogen (secondary N) is 1. The molecule has 1 N–H and O–H groups in total. The van der Waals surface area contributed by atoms with Crippen LogP contribution >= 0.6 is 11.8 Å². The van der Waals surface area contributed by atoms with Crippen LogP contribution in [0.25, 0.3) is 0 Å². The van der Waals surface area contributed by atoms with E-state index < -0.39 is 12.1 Å². The number of fused-ring (bicyclic) bond motifs is 1.